The molecule has 1 aromatic heterocycles. The summed E-state index contributed by atoms with van der Waals surface area (Å²) in [5.74, 6) is -0.202. The zero-order chi connectivity index (χ0) is 25.0. The zero-order valence-electron chi connectivity index (χ0n) is 20.7. The van der Waals surface area contributed by atoms with Gasteiger partial charge in [-0.15, -0.1) is 0 Å². The minimum absolute atomic E-state index is 0.180. The molecule has 10 nitrogen and oxygen atoms in total. The molecule has 0 spiro atoms. The Kier molecular flexibility index (Phi) is 7.29. The van der Waals surface area contributed by atoms with Crippen molar-refractivity contribution >= 4 is 36.0 Å². The van der Waals surface area contributed by atoms with Crippen molar-refractivity contribution in [1.82, 2.24) is 19.8 Å². The van der Waals surface area contributed by atoms with Gasteiger partial charge in [-0.25, -0.2) is 9.98 Å². The number of amides is 2. The Bertz CT molecular complexity index is 1120. The molecule has 0 fully saturated rings. The standard InChI is InChI=1S/C24H31N7O3/c1-24(2,22(33)26-15-30(5)6)16-8-10-17(11-9-16)31-13-12-18-19(21(31)32)20(25-14-29(3)4)28-23(27-18)34-7/h8-11,14-15H,12-13H2,1-7H3. The van der Waals surface area contributed by atoms with E-state index in [9.17, 15) is 9.59 Å². The Balaban J connectivity index is 1.91. The monoisotopic (exact) mass is 465 g/mol. The van der Waals surface area contributed by atoms with Crippen LogP contribution in [-0.4, -0.2) is 86.1 Å². The number of hydrogen-bond acceptors (Lipinski definition) is 6. The summed E-state index contributed by atoms with van der Waals surface area (Å²) >= 11 is 0. The van der Waals surface area contributed by atoms with E-state index in [-0.39, 0.29) is 23.6 Å². The maximum atomic E-state index is 13.5. The van der Waals surface area contributed by atoms with Crippen molar-refractivity contribution in [2.75, 3.05) is 46.7 Å². The predicted molar refractivity (Wildman–Crippen MR) is 132 cm³/mol. The molecule has 0 radical (unpaired) electrons. The molecule has 2 amide bonds. The Morgan fingerprint density at radius 3 is 2.32 bits per heavy atom. The van der Waals surface area contributed by atoms with Crippen molar-refractivity contribution in [2.45, 2.75) is 25.7 Å². The number of carbonyl (C=O) groups is 2. The van der Waals surface area contributed by atoms with Crippen LogP contribution in [0.2, 0.25) is 0 Å². The molecule has 180 valence electrons. The van der Waals surface area contributed by atoms with Crippen LogP contribution in [0.3, 0.4) is 0 Å². The highest BCUT2D eigenvalue weighted by atomic mass is 16.5. The van der Waals surface area contributed by atoms with Crippen molar-refractivity contribution in [1.29, 1.82) is 0 Å². The third kappa shape index (κ3) is 5.22. The number of benzene rings is 1. The SMILES string of the molecule is COc1nc2c(c(N=CN(C)C)n1)C(=O)N(c1ccc(C(C)(C)C(=O)N=CN(C)C)cc1)CC2. The predicted octanol–water partition coefficient (Wildman–Crippen LogP) is 2.30. The summed E-state index contributed by atoms with van der Waals surface area (Å²) in [6.45, 7) is 4.12. The van der Waals surface area contributed by atoms with Gasteiger partial charge in [-0.2, -0.15) is 9.97 Å². The number of fused-ring (bicyclic) bond motifs is 1. The van der Waals surface area contributed by atoms with E-state index in [0.717, 1.165) is 11.3 Å². The Labute approximate surface area is 200 Å². The number of aromatic nitrogens is 2. The second-order valence-electron chi connectivity index (χ2n) is 8.96. The number of nitrogens with zero attached hydrogens (tertiary/aromatic N) is 7. The molecular formula is C24H31N7O3. The molecule has 0 unspecified atom stereocenters. The highest BCUT2D eigenvalue weighted by Crippen LogP contribution is 2.32. The van der Waals surface area contributed by atoms with Gasteiger partial charge in [-0.05, 0) is 31.5 Å². The van der Waals surface area contributed by atoms with Crippen LogP contribution in [0, 0.1) is 0 Å². The first kappa shape index (κ1) is 24.8. The fourth-order valence-corrected chi connectivity index (χ4v) is 3.44. The number of methoxy groups -OCH3 is 1. The van der Waals surface area contributed by atoms with Gasteiger partial charge in [-0.3, -0.25) is 9.59 Å². The number of ether oxygens (including phenoxy) is 1. The van der Waals surface area contributed by atoms with E-state index in [1.165, 1.54) is 13.4 Å². The van der Waals surface area contributed by atoms with Crippen LogP contribution in [0.1, 0.15) is 35.5 Å². The lowest BCUT2D eigenvalue weighted by atomic mass is 9.84. The maximum Gasteiger partial charge on any atom is 0.318 e. The fourth-order valence-electron chi connectivity index (χ4n) is 3.44. The summed E-state index contributed by atoms with van der Waals surface area (Å²) in [6, 6.07) is 7.58. The summed E-state index contributed by atoms with van der Waals surface area (Å²) < 4.78 is 5.19. The average Bonchev–Trinajstić information content (AvgIpc) is 2.80. The van der Waals surface area contributed by atoms with Gasteiger partial charge in [0.15, 0.2) is 5.82 Å². The molecule has 2 heterocycles. The van der Waals surface area contributed by atoms with E-state index in [1.54, 1.807) is 21.0 Å². The lowest BCUT2D eigenvalue weighted by Gasteiger charge is -2.29. The Morgan fingerprint density at radius 1 is 1.09 bits per heavy atom. The van der Waals surface area contributed by atoms with E-state index in [1.807, 2.05) is 66.3 Å². The van der Waals surface area contributed by atoms with Crippen LogP contribution in [0.25, 0.3) is 0 Å². The van der Waals surface area contributed by atoms with Crippen molar-refractivity contribution in [2.24, 2.45) is 9.98 Å². The first-order valence-corrected chi connectivity index (χ1v) is 10.9. The van der Waals surface area contributed by atoms with Crippen LogP contribution in [0.15, 0.2) is 34.3 Å². The minimum Gasteiger partial charge on any atom is -0.467 e. The maximum absolute atomic E-state index is 13.5. The van der Waals surface area contributed by atoms with E-state index < -0.39 is 5.41 Å². The summed E-state index contributed by atoms with van der Waals surface area (Å²) in [5.41, 5.74) is 1.70. The average molecular weight is 466 g/mol. The molecule has 0 saturated heterocycles. The second kappa shape index (κ2) is 9.98. The molecule has 0 atom stereocenters. The summed E-state index contributed by atoms with van der Waals surface area (Å²) in [6.07, 6.45) is 3.62. The Morgan fingerprint density at radius 2 is 1.74 bits per heavy atom. The van der Waals surface area contributed by atoms with Crippen molar-refractivity contribution < 1.29 is 14.3 Å². The topological polar surface area (TPSA) is 104 Å². The molecule has 0 aliphatic carbocycles. The molecule has 3 rings (SSSR count). The number of carbonyl (C=O) groups excluding carboxylic acids is 2. The van der Waals surface area contributed by atoms with Gasteiger partial charge in [0, 0.05) is 46.8 Å². The van der Waals surface area contributed by atoms with Crippen LogP contribution in [0.4, 0.5) is 11.5 Å². The molecule has 1 aromatic carbocycles. The highest BCUT2D eigenvalue weighted by molar-refractivity contribution is 6.10. The smallest absolute Gasteiger partial charge is 0.318 e. The summed E-state index contributed by atoms with van der Waals surface area (Å²) in [7, 11) is 8.78. The van der Waals surface area contributed by atoms with E-state index >= 15 is 0 Å². The Hall–Kier alpha value is -3.82. The molecule has 1 aliphatic rings. The largest absolute Gasteiger partial charge is 0.467 e. The van der Waals surface area contributed by atoms with Gasteiger partial charge in [0.2, 0.25) is 0 Å². The van der Waals surface area contributed by atoms with Gasteiger partial charge >= 0.3 is 6.01 Å². The van der Waals surface area contributed by atoms with Gasteiger partial charge < -0.3 is 19.4 Å². The minimum atomic E-state index is -0.804. The second-order valence-corrected chi connectivity index (χ2v) is 8.96. The number of anilines is 1. The van der Waals surface area contributed by atoms with Gasteiger partial charge in [0.05, 0.1) is 30.9 Å². The molecule has 10 heteroatoms. The first-order chi connectivity index (χ1) is 16.0. The quantitative estimate of drug-likeness (QED) is 0.457. The van der Waals surface area contributed by atoms with Crippen LogP contribution < -0.4 is 9.64 Å². The van der Waals surface area contributed by atoms with Crippen LogP contribution >= 0.6 is 0 Å². The number of rotatable bonds is 7. The molecule has 0 bridgehead atoms. The third-order valence-electron chi connectivity index (χ3n) is 5.41. The highest BCUT2D eigenvalue weighted by Gasteiger charge is 2.33. The number of aliphatic imine (C=N–C) groups is 2. The molecule has 1 aliphatic heterocycles. The molecule has 34 heavy (non-hydrogen) atoms. The zero-order valence-corrected chi connectivity index (χ0v) is 20.7. The van der Waals surface area contributed by atoms with Gasteiger partial charge in [0.1, 0.15) is 5.56 Å². The van der Waals surface area contributed by atoms with Crippen molar-refractivity contribution in [3.63, 3.8) is 0 Å². The van der Waals surface area contributed by atoms with Crippen LogP contribution in [-0.2, 0) is 16.6 Å². The van der Waals surface area contributed by atoms with Crippen LogP contribution in [0.5, 0.6) is 6.01 Å². The van der Waals surface area contributed by atoms with E-state index in [4.69, 9.17) is 4.74 Å². The lowest BCUT2D eigenvalue weighted by molar-refractivity contribution is -0.122. The van der Waals surface area contributed by atoms with Crippen molar-refractivity contribution in [3.05, 3.63) is 41.1 Å². The third-order valence-corrected chi connectivity index (χ3v) is 5.41. The molecular weight excluding hydrogens is 434 g/mol. The number of hydrogen-bond donors (Lipinski definition) is 0. The fraction of sp³-hybridized carbons (Fsp3) is 0.417. The summed E-state index contributed by atoms with van der Waals surface area (Å²) in [4.78, 5) is 48.3. The molecule has 0 saturated carbocycles. The van der Waals surface area contributed by atoms with Gasteiger partial charge in [0.25, 0.3) is 11.8 Å². The van der Waals surface area contributed by atoms with E-state index in [0.29, 0.717) is 24.2 Å². The first-order valence-electron chi connectivity index (χ1n) is 10.9. The normalized spacial score (nSPS) is 14.0. The molecule has 0 N–H and O–H groups in total. The lowest BCUT2D eigenvalue weighted by Crippen LogP contribution is -2.38. The van der Waals surface area contributed by atoms with E-state index in [2.05, 4.69) is 20.0 Å². The van der Waals surface area contributed by atoms with Gasteiger partial charge in [-0.1, -0.05) is 12.1 Å². The summed E-state index contributed by atoms with van der Waals surface area (Å²) in [5, 5.41) is 0. The molecule has 2 aromatic rings. The van der Waals surface area contributed by atoms with Crippen molar-refractivity contribution in [3.8, 4) is 6.01 Å².